The van der Waals surface area contributed by atoms with Crippen LogP contribution in [0.25, 0.3) is 0 Å². The van der Waals surface area contributed by atoms with Crippen LogP contribution < -0.4 is 4.74 Å². The van der Waals surface area contributed by atoms with Gasteiger partial charge in [-0.25, -0.2) is 4.39 Å². The van der Waals surface area contributed by atoms with E-state index in [4.69, 9.17) is 4.74 Å². The Balaban J connectivity index is 1.41. The van der Waals surface area contributed by atoms with E-state index in [0.29, 0.717) is 50.3 Å². The topological polar surface area (TPSA) is 53.1 Å². The van der Waals surface area contributed by atoms with E-state index in [1.807, 2.05) is 7.05 Å². The number of Topliss-reactive ketones (excluding diaryl/α,β-unsaturated/α-hetero) is 1. The molecule has 36 heavy (non-hydrogen) atoms. The lowest BCUT2D eigenvalue weighted by Gasteiger charge is -2.54. The van der Waals surface area contributed by atoms with E-state index in [0.717, 1.165) is 5.70 Å². The SMILES string of the molecule is C=CC(C)(F)COc1ccc(C(=O)N2CCC3(CC2)C2=CCC(C(=O)C(F)(F)F)N2CCN3C)cc1. The van der Waals surface area contributed by atoms with Gasteiger partial charge < -0.3 is 14.5 Å². The second-order valence-corrected chi connectivity index (χ2v) is 9.94. The van der Waals surface area contributed by atoms with E-state index in [-0.39, 0.29) is 18.9 Å². The number of piperazine rings is 1. The lowest BCUT2D eigenvalue weighted by Crippen LogP contribution is -2.64. The molecule has 1 spiro atoms. The molecule has 196 valence electrons. The van der Waals surface area contributed by atoms with Crippen molar-refractivity contribution >= 4 is 11.7 Å². The summed E-state index contributed by atoms with van der Waals surface area (Å²) < 4.78 is 58.8. The standard InChI is InChI=1S/C26H31F4N3O3/c1-4-24(2,27)17-36-19-7-5-18(6-8-19)23(35)32-13-11-25(12-14-32)21-10-9-20(22(34)26(28,29)30)33(21)16-15-31(25)3/h4-8,10,20H,1,9,11-17H2,2-3H3. The van der Waals surface area contributed by atoms with Crippen molar-refractivity contribution in [3.8, 4) is 5.75 Å². The highest BCUT2D eigenvalue weighted by molar-refractivity contribution is 5.94. The molecule has 0 N–H and O–H groups in total. The largest absolute Gasteiger partial charge is 0.490 e. The number of alkyl halides is 4. The normalized spacial score (nSPS) is 23.6. The molecule has 10 heteroatoms. The van der Waals surface area contributed by atoms with E-state index in [9.17, 15) is 27.2 Å². The first kappa shape index (κ1) is 26.2. The maximum absolute atomic E-state index is 13.9. The summed E-state index contributed by atoms with van der Waals surface area (Å²) in [6, 6.07) is 5.30. The highest BCUT2D eigenvalue weighted by Gasteiger charge is 2.54. The van der Waals surface area contributed by atoms with Crippen molar-refractivity contribution in [3.05, 3.63) is 54.3 Å². The number of benzene rings is 1. The number of halogens is 4. The third kappa shape index (κ3) is 4.87. The Morgan fingerprint density at radius 2 is 1.75 bits per heavy atom. The molecule has 3 heterocycles. The van der Waals surface area contributed by atoms with Crippen LogP contribution in [-0.4, -0.2) is 89.6 Å². The summed E-state index contributed by atoms with van der Waals surface area (Å²) in [6.07, 6.45) is -0.751. The fourth-order valence-electron chi connectivity index (χ4n) is 5.35. The molecule has 0 radical (unpaired) electrons. The molecule has 1 aromatic carbocycles. The van der Waals surface area contributed by atoms with E-state index in [1.54, 1.807) is 40.1 Å². The van der Waals surface area contributed by atoms with Crippen molar-refractivity contribution in [3.63, 3.8) is 0 Å². The molecule has 3 aliphatic rings. The smallest absolute Gasteiger partial charge is 0.452 e. The number of amides is 1. The number of carbonyl (C=O) groups is 2. The number of rotatable bonds is 6. The van der Waals surface area contributed by atoms with Crippen molar-refractivity contribution in [1.82, 2.24) is 14.7 Å². The average Bonchev–Trinajstić information content (AvgIpc) is 3.29. The van der Waals surface area contributed by atoms with Crippen LogP contribution in [0.3, 0.4) is 0 Å². The molecule has 4 rings (SSSR count). The van der Waals surface area contributed by atoms with Crippen molar-refractivity contribution in [2.24, 2.45) is 0 Å². The zero-order chi connectivity index (χ0) is 26.3. The fourth-order valence-corrected chi connectivity index (χ4v) is 5.35. The van der Waals surface area contributed by atoms with Gasteiger partial charge in [0.1, 0.15) is 18.4 Å². The molecule has 6 nitrogen and oxygen atoms in total. The second kappa shape index (κ2) is 9.53. The molecule has 2 unspecified atom stereocenters. The molecule has 2 fully saturated rings. The number of likely N-dealkylation sites (tertiary alicyclic amines) is 1. The number of piperidine rings is 1. The summed E-state index contributed by atoms with van der Waals surface area (Å²) >= 11 is 0. The molecule has 0 bridgehead atoms. The Morgan fingerprint density at radius 1 is 1.11 bits per heavy atom. The lowest BCUT2D eigenvalue weighted by atomic mass is 9.80. The highest BCUT2D eigenvalue weighted by atomic mass is 19.4. The van der Waals surface area contributed by atoms with Crippen LogP contribution in [0.15, 0.2) is 48.7 Å². The average molecular weight is 510 g/mol. The molecule has 1 amide bonds. The van der Waals surface area contributed by atoms with Crippen molar-refractivity contribution in [2.45, 2.75) is 49.6 Å². The second-order valence-electron chi connectivity index (χ2n) is 9.94. The quantitative estimate of drug-likeness (QED) is 0.429. The van der Waals surface area contributed by atoms with Gasteiger partial charge in [0.15, 0.2) is 5.67 Å². The summed E-state index contributed by atoms with van der Waals surface area (Å²) in [5.41, 5.74) is -0.918. The van der Waals surface area contributed by atoms with Gasteiger partial charge in [-0.3, -0.25) is 14.5 Å². The van der Waals surface area contributed by atoms with E-state index < -0.39 is 29.2 Å². The minimum Gasteiger partial charge on any atom is -0.490 e. The van der Waals surface area contributed by atoms with Gasteiger partial charge in [-0.15, -0.1) is 0 Å². The summed E-state index contributed by atoms with van der Waals surface area (Å²) in [5.74, 6) is -1.41. The van der Waals surface area contributed by atoms with E-state index in [1.165, 1.54) is 13.0 Å². The predicted octanol–water partition coefficient (Wildman–Crippen LogP) is 3.99. The summed E-state index contributed by atoms with van der Waals surface area (Å²) in [7, 11) is 1.95. The first-order valence-electron chi connectivity index (χ1n) is 12.0. The number of carbonyl (C=O) groups excluding carboxylic acids is 2. The van der Waals surface area contributed by atoms with Gasteiger partial charge in [-0.05, 0) is 57.5 Å². The number of ketones is 1. The predicted molar refractivity (Wildman–Crippen MR) is 126 cm³/mol. The van der Waals surface area contributed by atoms with Crippen LogP contribution in [0.1, 0.15) is 36.5 Å². The summed E-state index contributed by atoms with van der Waals surface area (Å²) in [4.78, 5) is 30.6. The number of hydrogen-bond donors (Lipinski definition) is 0. The van der Waals surface area contributed by atoms with Gasteiger partial charge in [0.25, 0.3) is 11.7 Å². The lowest BCUT2D eigenvalue weighted by molar-refractivity contribution is -0.176. The van der Waals surface area contributed by atoms with Crippen molar-refractivity contribution in [1.29, 1.82) is 0 Å². The third-order valence-electron chi connectivity index (χ3n) is 7.61. The maximum Gasteiger partial charge on any atom is 0.452 e. The maximum atomic E-state index is 13.9. The molecule has 2 saturated heterocycles. The van der Waals surface area contributed by atoms with Crippen LogP contribution in [-0.2, 0) is 4.79 Å². The van der Waals surface area contributed by atoms with Gasteiger partial charge in [-0.1, -0.05) is 18.7 Å². The van der Waals surface area contributed by atoms with Crippen molar-refractivity contribution < 1.29 is 31.9 Å². The first-order valence-corrected chi connectivity index (χ1v) is 12.0. The molecular weight excluding hydrogens is 478 g/mol. The number of ether oxygens (including phenoxy) is 1. The summed E-state index contributed by atoms with van der Waals surface area (Å²) in [5, 5.41) is 0. The monoisotopic (exact) mass is 509 g/mol. The van der Waals surface area contributed by atoms with Gasteiger partial charge in [0, 0.05) is 37.4 Å². The Bertz CT molecular complexity index is 1040. The minimum atomic E-state index is -4.86. The number of hydrogen-bond acceptors (Lipinski definition) is 5. The highest BCUT2D eigenvalue weighted by Crippen LogP contribution is 2.44. The Hall–Kier alpha value is -2.88. The molecule has 0 aromatic heterocycles. The van der Waals surface area contributed by atoms with Gasteiger partial charge in [-0.2, -0.15) is 13.2 Å². The molecule has 0 aliphatic carbocycles. The van der Waals surface area contributed by atoms with Gasteiger partial charge in [0.05, 0.1) is 5.54 Å². The molecule has 0 saturated carbocycles. The number of nitrogens with zero attached hydrogens (tertiary/aromatic N) is 3. The third-order valence-corrected chi connectivity index (χ3v) is 7.61. The fraction of sp³-hybridized carbons (Fsp3) is 0.538. The Kier molecular flexibility index (Phi) is 6.94. The summed E-state index contributed by atoms with van der Waals surface area (Å²) in [6.45, 7) is 6.38. The first-order chi connectivity index (χ1) is 16.9. The Labute approximate surface area is 208 Å². The zero-order valence-corrected chi connectivity index (χ0v) is 20.5. The van der Waals surface area contributed by atoms with E-state index >= 15 is 0 Å². The van der Waals surface area contributed by atoms with Crippen LogP contribution in [0.2, 0.25) is 0 Å². The van der Waals surface area contributed by atoms with Crippen LogP contribution in [0, 0.1) is 0 Å². The molecule has 1 aromatic rings. The van der Waals surface area contributed by atoms with Crippen LogP contribution >= 0.6 is 0 Å². The molecule has 2 atom stereocenters. The zero-order valence-electron chi connectivity index (χ0n) is 20.5. The minimum absolute atomic E-state index is 0.0503. The van der Waals surface area contributed by atoms with E-state index in [2.05, 4.69) is 11.5 Å². The molecular formula is C26H31F4N3O3. The van der Waals surface area contributed by atoms with Gasteiger partial charge in [0.2, 0.25) is 0 Å². The number of fused-ring (bicyclic) bond motifs is 2. The molecule has 3 aliphatic heterocycles. The Morgan fingerprint density at radius 3 is 2.33 bits per heavy atom. The van der Waals surface area contributed by atoms with Crippen LogP contribution in [0.4, 0.5) is 17.6 Å². The van der Waals surface area contributed by atoms with Gasteiger partial charge >= 0.3 is 6.18 Å². The van der Waals surface area contributed by atoms with Crippen molar-refractivity contribution in [2.75, 3.05) is 39.8 Å². The number of likely N-dealkylation sites (N-methyl/N-ethyl adjacent to an activating group) is 1. The van der Waals surface area contributed by atoms with Crippen LogP contribution in [0.5, 0.6) is 5.75 Å².